The van der Waals surface area contributed by atoms with Gasteiger partial charge in [-0.1, -0.05) is 6.92 Å². The normalized spacial score (nSPS) is 10.0. The summed E-state index contributed by atoms with van der Waals surface area (Å²) in [6.07, 6.45) is 0.851. The Balaban J connectivity index is 3.05. The maximum absolute atomic E-state index is 11.5. The standard InChI is InChI=1S/C13H19N3O3/c1-3-6-16(8-12(17)15-2)9-4-5-11(14)10(7-9)13(18)19/h4-5,7H,3,6,8,14H2,1-2H3,(H,15,17)(H,18,19). The molecule has 0 bridgehead atoms. The Hall–Kier alpha value is -2.24. The van der Waals surface area contributed by atoms with Gasteiger partial charge in [0.15, 0.2) is 0 Å². The first-order valence-corrected chi connectivity index (χ1v) is 6.08. The zero-order chi connectivity index (χ0) is 14.4. The van der Waals surface area contributed by atoms with E-state index < -0.39 is 5.97 Å². The summed E-state index contributed by atoms with van der Waals surface area (Å²) in [5, 5.41) is 11.6. The number of carboxylic acids is 1. The van der Waals surface area contributed by atoms with E-state index in [4.69, 9.17) is 10.8 Å². The lowest BCUT2D eigenvalue weighted by molar-refractivity contribution is -0.119. The minimum atomic E-state index is -1.07. The van der Waals surface area contributed by atoms with Gasteiger partial charge < -0.3 is 21.1 Å². The van der Waals surface area contributed by atoms with E-state index >= 15 is 0 Å². The van der Waals surface area contributed by atoms with Crippen molar-refractivity contribution >= 4 is 23.3 Å². The van der Waals surface area contributed by atoms with E-state index in [1.165, 1.54) is 6.07 Å². The number of hydrogen-bond donors (Lipinski definition) is 3. The van der Waals surface area contributed by atoms with Crippen molar-refractivity contribution in [2.75, 3.05) is 30.8 Å². The van der Waals surface area contributed by atoms with Crippen molar-refractivity contribution in [3.63, 3.8) is 0 Å². The van der Waals surface area contributed by atoms with Crippen LogP contribution in [-0.2, 0) is 4.79 Å². The molecule has 0 aromatic heterocycles. The highest BCUT2D eigenvalue weighted by Crippen LogP contribution is 2.21. The highest BCUT2D eigenvalue weighted by atomic mass is 16.4. The van der Waals surface area contributed by atoms with E-state index in [1.807, 2.05) is 11.8 Å². The third kappa shape index (κ3) is 3.87. The quantitative estimate of drug-likeness (QED) is 0.665. The van der Waals surface area contributed by atoms with Gasteiger partial charge in [-0.15, -0.1) is 0 Å². The number of likely N-dealkylation sites (N-methyl/N-ethyl adjacent to an activating group) is 1. The fourth-order valence-electron chi connectivity index (χ4n) is 1.75. The van der Waals surface area contributed by atoms with Gasteiger partial charge in [0.05, 0.1) is 12.1 Å². The molecule has 19 heavy (non-hydrogen) atoms. The van der Waals surface area contributed by atoms with Gasteiger partial charge in [-0.3, -0.25) is 4.79 Å². The monoisotopic (exact) mass is 265 g/mol. The minimum Gasteiger partial charge on any atom is -0.478 e. The molecule has 0 saturated carbocycles. The van der Waals surface area contributed by atoms with Gasteiger partial charge in [-0.05, 0) is 24.6 Å². The van der Waals surface area contributed by atoms with Gasteiger partial charge >= 0.3 is 5.97 Å². The van der Waals surface area contributed by atoms with Crippen molar-refractivity contribution in [3.05, 3.63) is 23.8 Å². The molecule has 0 heterocycles. The number of benzene rings is 1. The number of nitrogens with zero attached hydrogens (tertiary/aromatic N) is 1. The highest BCUT2D eigenvalue weighted by Gasteiger charge is 2.14. The Labute approximate surface area is 112 Å². The molecule has 0 spiro atoms. The number of hydrogen-bond acceptors (Lipinski definition) is 4. The molecule has 1 aromatic rings. The molecule has 1 rings (SSSR count). The second-order valence-electron chi connectivity index (χ2n) is 4.17. The van der Waals surface area contributed by atoms with Crippen LogP contribution in [0, 0.1) is 0 Å². The molecule has 0 saturated heterocycles. The highest BCUT2D eigenvalue weighted by molar-refractivity contribution is 5.95. The average molecular weight is 265 g/mol. The van der Waals surface area contributed by atoms with E-state index in [0.717, 1.165) is 6.42 Å². The summed E-state index contributed by atoms with van der Waals surface area (Å²) in [6, 6.07) is 4.77. The first kappa shape index (κ1) is 14.8. The molecule has 1 amide bonds. The fraction of sp³-hybridized carbons (Fsp3) is 0.385. The number of rotatable bonds is 6. The second kappa shape index (κ2) is 6.63. The molecule has 1 aromatic carbocycles. The molecule has 6 nitrogen and oxygen atoms in total. The lowest BCUT2D eigenvalue weighted by atomic mass is 10.1. The summed E-state index contributed by atoms with van der Waals surface area (Å²) >= 11 is 0. The zero-order valence-electron chi connectivity index (χ0n) is 11.1. The maximum Gasteiger partial charge on any atom is 0.337 e. The van der Waals surface area contributed by atoms with Crippen LogP contribution < -0.4 is 16.0 Å². The van der Waals surface area contributed by atoms with Crippen LogP contribution in [0.3, 0.4) is 0 Å². The molecule has 4 N–H and O–H groups in total. The molecule has 104 valence electrons. The molecule has 0 aliphatic heterocycles. The molecular formula is C13H19N3O3. The molecule has 0 atom stereocenters. The van der Waals surface area contributed by atoms with Crippen LogP contribution in [0.25, 0.3) is 0 Å². The summed E-state index contributed by atoms with van der Waals surface area (Å²) < 4.78 is 0. The average Bonchev–Trinajstić information content (AvgIpc) is 2.38. The van der Waals surface area contributed by atoms with Crippen molar-refractivity contribution in [2.24, 2.45) is 0 Å². The fourth-order valence-corrected chi connectivity index (χ4v) is 1.75. The number of nitrogens with one attached hydrogen (secondary N) is 1. The van der Waals surface area contributed by atoms with Crippen LogP contribution in [0.1, 0.15) is 23.7 Å². The maximum atomic E-state index is 11.5. The van der Waals surface area contributed by atoms with Crippen molar-refractivity contribution in [1.82, 2.24) is 5.32 Å². The zero-order valence-corrected chi connectivity index (χ0v) is 11.1. The number of anilines is 2. The first-order chi connectivity index (χ1) is 8.99. The number of carbonyl (C=O) groups is 2. The summed E-state index contributed by atoms with van der Waals surface area (Å²) in [6.45, 7) is 2.84. The number of nitrogens with two attached hydrogens (primary N) is 1. The molecule has 0 aliphatic rings. The number of nitrogen functional groups attached to an aromatic ring is 1. The Morgan fingerprint density at radius 1 is 1.42 bits per heavy atom. The third-order valence-corrected chi connectivity index (χ3v) is 2.74. The SMILES string of the molecule is CCCN(CC(=O)NC)c1ccc(N)c(C(=O)O)c1. The topological polar surface area (TPSA) is 95.7 Å². The number of carboxylic acid groups (broad SMARTS) is 1. The largest absolute Gasteiger partial charge is 0.478 e. The molecular weight excluding hydrogens is 246 g/mol. The number of carbonyl (C=O) groups excluding carboxylic acids is 1. The first-order valence-electron chi connectivity index (χ1n) is 6.08. The Morgan fingerprint density at radius 2 is 2.11 bits per heavy atom. The predicted molar refractivity (Wildman–Crippen MR) is 74.4 cm³/mol. The Kier molecular flexibility index (Phi) is 5.17. The van der Waals surface area contributed by atoms with Gasteiger partial charge in [0.1, 0.15) is 0 Å². The van der Waals surface area contributed by atoms with Gasteiger partial charge in [-0.25, -0.2) is 4.79 Å². The van der Waals surface area contributed by atoms with E-state index in [2.05, 4.69) is 5.32 Å². The second-order valence-corrected chi connectivity index (χ2v) is 4.17. The molecule has 6 heteroatoms. The van der Waals surface area contributed by atoms with Crippen molar-refractivity contribution in [3.8, 4) is 0 Å². The lowest BCUT2D eigenvalue weighted by Crippen LogP contribution is -2.36. The van der Waals surface area contributed by atoms with Crippen LogP contribution in [0.4, 0.5) is 11.4 Å². The summed E-state index contributed by atoms with van der Waals surface area (Å²) in [5.74, 6) is -1.20. The molecule has 0 radical (unpaired) electrons. The third-order valence-electron chi connectivity index (χ3n) is 2.74. The van der Waals surface area contributed by atoms with Crippen LogP contribution in [0.2, 0.25) is 0 Å². The smallest absolute Gasteiger partial charge is 0.337 e. The van der Waals surface area contributed by atoms with Gasteiger partial charge in [0, 0.05) is 25.0 Å². The van der Waals surface area contributed by atoms with E-state index in [-0.39, 0.29) is 23.7 Å². The van der Waals surface area contributed by atoms with Crippen molar-refractivity contribution < 1.29 is 14.7 Å². The van der Waals surface area contributed by atoms with E-state index in [9.17, 15) is 9.59 Å². The summed E-state index contributed by atoms with van der Waals surface area (Å²) in [4.78, 5) is 24.3. The van der Waals surface area contributed by atoms with Gasteiger partial charge in [0.2, 0.25) is 5.91 Å². The van der Waals surface area contributed by atoms with Crippen molar-refractivity contribution in [1.29, 1.82) is 0 Å². The van der Waals surface area contributed by atoms with Crippen LogP contribution in [-0.4, -0.2) is 37.1 Å². The van der Waals surface area contributed by atoms with Crippen molar-refractivity contribution in [2.45, 2.75) is 13.3 Å². The lowest BCUT2D eigenvalue weighted by Gasteiger charge is -2.24. The molecule has 0 aliphatic carbocycles. The molecule has 0 unspecified atom stereocenters. The molecule has 0 fully saturated rings. The predicted octanol–water partition coefficient (Wildman–Crippen LogP) is 0.929. The minimum absolute atomic E-state index is 0.0514. The van der Waals surface area contributed by atoms with E-state index in [0.29, 0.717) is 12.2 Å². The number of aromatic carboxylic acids is 1. The summed E-state index contributed by atoms with van der Waals surface area (Å²) in [7, 11) is 1.57. The van der Waals surface area contributed by atoms with E-state index in [1.54, 1.807) is 19.2 Å². The number of amides is 1. The van der Waals surface area contributed by atoms with Crippen LogP contribution in [0.5, 0.6) is 0 Å². The van der Waals surface area contributed by atoms with Crippen LogP contribution in [0.15, 0.2) is 18.2 Å². The van der Waals surface area contributed by atoms with Gasteiger partial charge in [0.25, 0.3) is 0 Å². The van der Waals surface area contributed by atoms with Gasteiger partial charge in [-0.2, -0.15) is 0 Å². The van der Waals surface area contributed by atoms with Crippen LogP contribution >= 0.6 is 0 Å². The summed E-state index contributed by atoms with van der Waals surface area (Å²) in [5.41, 5.74) is 6.56. The Morgan fingerprint density at radius 3 is 2.63 bits per heavy atom. The Bertz CT molecular complexity index is 474.